The average Bonchev–Trinajstić information content (AvgIpc) is 3.36. The molecular formula is C25H33N3O3. The summed E-state index contributed by atoms with van der Waals surface area (Å²) in [5.74, 6) is 0.733. The van der Waals surface area contributed by atoms with Crippen LogP contribution in [0.4, 0.5) is 5.69 Å². The van der Waals surface area contributed by atoms with Gasteiger partial charge in [-0.05, 0) is 56.2 Å². The van der Waals surface area contributed by atoms with Gasteiger partial charge >= 0.3 is 0 Å². The van der Waals surface area contributed by atoms with Crippen molar-refractivity contribution in [2.45, 2.75) is 31.9 Å². The third-order valence-corrected chi connectivity index (χ3v) is 6.19. The summed E-state index contributed by atoms with van der Waals surface area (Å²) in [7, 11) is 0. The van der Waals surface area contributed by atoms with Gasteiger partial charge in [-0.2, -0.15) is 0 Å². The summed E-state index contributed by atoms with van der Waals surface area (Å²) in [5.41, 5.74) is 1.94. The van der Waals surface area contributed by atoms with Crippen LogP contribution >= 0.6 is 0 Å². The van der Waals surface area contributed by atoms with Crippen molar-refractivity contribution in [2.24, 2.45) is 0 Å². The molecule has 166 valence electrons. The number of amides is 1. The van der Waals surface area contributed by atoms with E-state index in [9.17, 15) is 4.79 Å². The molecule has 0 aliphatic carbocycles. The zero-order valence-electron chi connectivity index (χ0n) is 18.3. The number of piperazine rings is 1. The third-order valence-electron chi connectivity index (χ3n) is 6.19. The van der Waals surface area contributed by atoms with E-state index in [1.165, 1.54) is 5.69 Å². The molecule has 6 nitrogen and oxygen atoms in total. The molecule has 0 spiro atoms. The first-order valence-electron chi connectivity index (χ1n) is 11.4. The van der Waals surface area contributed by atoms with Gasteiger partial charge in [0.25, 0.3) is 5.91 Å². The first kappa shape index (κ1) is 21.7. The lowest BCUT2D eigenvalue weighted by atomic mass is 10.1. The molecule has 2 aromatic carbocycles. The maximum absolute atomic E-state index is 12.5. The third kappa shape index (κ3) is 5.99. The smallest absolute Gasteiger partial charge is 0.251 e. The zero-order chi connectivity index (χ0) is 21.5. The molecule has 0 saturated carbocycles. The highest BCUT2D eigenvalue weighted by Crippen LogP contribution is 2.18. The molecule has 0 aromatic heterocycles. The first-order valence-corrected chi connectivity index (χ1v) is 11.4. The SMILES string of the molecule is CC(CNC(=O)c1ccc(OCC2CCCO2)cc1)N1CCN(c2ccccc2)CC1. The molecule has 0 bridgehead atoms. The molecule has 1 amide bonds. The van der Waals surface area contributed by atoms with E-state index in [-0.39, 0.29) is 12.0 Å². The molecule has 31 heavy (non-hydrogen) atoms. The summed E-state index contributed by atoms with van der Waals surface area (Å²) in [5, 5.41) is 3.08. The molecule has 2 unspecified atom stereocenters. The van der Waals surface area contributed by atoms with Crippen LogP contribution in [0.25, 0.3) is 0 Å². The number of rotatable bonds is 8. The first-order chi connectivity index (χ1) is 15.2. The summed E-state index contributed by atoms with van der Waals surface area (Å²) >= 11 is 0. The Morgan fingerprint density at radius 1 is 1.10 bits per heavy atom. The van der Waals surface area contributed by atoms with Gasteiger partial charge in [-0.25, -0.2) is 0 Å². The summed E-state index contributed by atoms with van der Waals surface area (Å²) in [6.07, 6.45) is 2.35. The second-order valence-electron chi connectivity index (χ2n) is 8.39. The molecule has 2 atom stereocenters. The summed E-state index contributed by atoms with van der Waals surface area (Å²) < 4.78 is 11.3. The number of hydrogen-bond donors (Lipinski definition) is 1. The van der Waals surface area contributed by atoms with Crippen LogP contribution in [0.3, 0.4) is 0 Å². The Morgan fingerprint density at radius 3 is 2.52 bits per heavy atom. The van der Waals surface area contributed by atoms with E-state index in [1.54, 1.807) is 0 Å². The van der Waals surface area contributed by atoms with Gasteiger partial charge in [0.1, 0.15) is 12.4 Å². The van der Waals surface area contributed by atoms with Crippen LogP contribution in [0.1, 0.15) is 30.1 Å². The maximum atomic E-state index is 12.5. The zero-order valence-corrected chi connectivity index (χ0v) is 18.3. The maximum Gasteiger partial charge on any atom is 0.251 e. The summed E-state index contributed by atoms with van der Waals surface area (Å²) in [6.45, 7) is 8.24. The standard InChI is InChI=1S/C25H33N3O3/c1-20(27-13-15-28(16-14-27)22-6-3-2-4-7-22)18-26-25(29)21-9-11-23(12-10-21)31-19-24-8-5-17-30-24/h2-4,6-7,9-12,20,24H,5,8,13-19H2,1H3,(H,26,29). The van der Waals surface area contributed by atoms with Gasteiger partial charge in [0, 0.05) is 56.6 Å². The molecule has 2 saturated heterocycles. The molecule has 2 aliphatic rings. The van der Waals surface area contributed by atoms with Crippen LogP contribution in [0.5, 0.6) is 5.75 Å². The van der Waals surface area contributed by atoms with Crippen molar-refractivity contribution in [1.82, 2.24) is 10.2 Å². The lowest BCUT2D eigenvalue weighted by molar-refractivity contribution is 0.0679. The molecule has 2 aliphatic heterocycles. The predicted molar refractivity (Wildman–Crippen MR) is 123 cm³/mol. The number of nitrogens with zero attached hydrogens (tertiary/aromatic N) is 2. The number of anilines is 1. The molecule has 0 radical (unpaired) electrons. The van der Waals surface area contributed by atoms with Crippen LogP contribution in [0.15, 0.2) is 54.6 Å². The van der Waals surface area contributed by atoms with Crippen LogP contribution in [-0.2, 0) is 4.74 Å². The van der Waals surface area contributed by atoms with E-state index in [0.717, 1.165) is 51.4 Å². The quantitative estimate of drug-likeness (QED) is 0.707. The van der Waals surface area contributed by atoms with Crippen LogP contribution in [-0.4, -0.2) is 68.9 Å². The minimum absolute atomic E-state index is 0.0413. The monoisotopic (exact) mass is 423 g/mol. The summed E-state index contributed by atoms with van der Waals surface area (Å²) in [6, 6.07) is 18.2. The Bertz CT molecular complexity index is 814. The largest absolute Gasteiger partial charge is 0.491 e. The van der Waals surface area contributed by atoms with Gasteiger partial charge < -0.3 is 19.7 Å². The van der Waals surface area contributed by atoms with Gasteiger partial charge in [-0.15, -0.1) is 0 Å². The van der Waals surface area contributed by atoms with E-state index in [1.807, 2.05) is 24.3 Å². The summed E-state index contributed by atoms with van der Waals surface area (Å²) in [4.78, 5) is 17.4. The molecule has 2 aromatic rings. The highest BCUT2D eigenvalue weighted by molar-refractivity contribution is 5.94. The topological polar surface area (TPSA) is 54.0 Å². The number of hydrogen-bond acceptors (Lipinski definition) is 5. The fraction of sp³-hybridized carbons (Fsp3) is 0.480. The van der Waals surface area contributed by atoms with Gasteiger partial charge in [-0.1, -0.05) is 18.2 Å². The highest BCUT2D eigenvalue weighted by atomic mass is 16.5. The molecule has 6 heteroatoms. The fourth-order valence-electron chi connectivity index (χ4n) is 4.20. The van der Waals surface area contributed by atoms with Crippen molar-refractivity contribution >= 4 is 11.6 Å². The van der Waals surface area contributed by atoms with E-state index < -0.39 is 0 Å². The molecule has 2 fully saturated rings. The fourth-order valence-corrected chi connectivity index (χ4v) is 4.20. The van der Waals surface area contributed by atoms with Gasteiger partial charge in [-0.3, -0.25) is 9.69 Å². The van der Waals surface area contributed by atoms with E-state index >= 15 is 0 Å². The van der Waals surface area contributed by atoms with Crippen LogP contribution in [0.2, 0.25) is 0 Å². The van der Waals surface area contributed by atoms with Gasteiger partial charge in [0.15, 0.2) is 0 Å². The lowest BCUT2D eigenvalue weighted by Crippen LogP contribution is -2.52. The number of carbonyl (C=O) groups excluding carboxylic acids is 1. The predicted octanol–water partition coefficient (Wildman–Crippen LogP) is 3.18. The molecule has 1 N–H and O–H groups in total. The Labute approximate surface area is 185 Å². The highest BCUT2D eigenvalue weighted by Gasteiger charge is 2.22. The van der Waals surface area contributed by atoms with E-state index in [4.69, 9.17) is 9.47 Å². The Hall–Kier alpha value is -2.57. The van der Waals surface area contributed by atoms with Crippen molar-refractivity contribution in [2.75, 3.05) is 50.8 Å². The Kier molecular flexibility index (Phi) is 7.43. The lowest BCUT2D eigenvalue weighted by Gasteiger charge is -2.39. The van der Waals surface area contributed by atoms with Crippen LogP contribution < -0.4 is 15.0 Å². The second kappa shape index (κ2) is 10.6. The Balaban J connectivity index is 1.18. The molecule has 2 heterocycles. The van der Waals surface area contributed by atoms with Crippen molar-refractivity contribution in [3.05, 3.63) is 60.2 Å². The Morgan fingerprint density at radius 2 is 1.84 bits per heavy atom. The normalized spacial score (nSPS) is 20.4. The minimum atomic E-state index is -0.0413. The molecular weight excluding hydrogens is 390 g/mol. The number of carbonyl (C=O) groups is 1. The number of nitrogens with one attached hydrogen (secondary N) is 1. The van der Waals surface area contributed by atoms with Crippen molar-refractivity contribution in [3.8, 4) is 5.75 Å². The number of para-hydroxylation sites is 1. The van der Waals surface area contributed by atoms with Crippen molar-refractivity contribution < 1.29 is 14.3 Å². The number of ether oxygens (including phenoxy) is 2. The van der Waals surface area contributed by atoms with Crippen LogP contribution in [0, 0.1) is 0 Å². The second-order valence-corrected chi connectivity index (χ2v) is 8.39. The van der Waals surface area contributed by atoms with Gasteiger partial charge in [0.2, 0.25) is 0 Å². The minimum Gasteiger partial charge on any atom is -0.491 e. The van der Waals surface area contributed by atoms with E-state index in [0.29, 0.717) is 24.8 Å². The van der Waals surface area contributed by atoms with Crippen molar-refractivity contribution in [1.29, 1.82) is 0 Å². The average molecular weight is 424 g/mol. The number of benzene rings is 2. The van der Waals surface area contributed by atoms with Gasteiger partial charge in [0.05, 0.1) is 6.10 Å². The van der Waals surface area contributed by atoms with Crippen molar-refractivity contribution in [3.63, 3.8) is 0 Å². The molecule has 4 rings (SSSR count). The van der Waals surface area contributed by atoms with E-state index in [2.05, 4.69) is 52.4 Å².